The van der Waals surface area contributed by atoms with E-state index in [1.165, 1.54) is 33.0 Å². The predicted molar refractivity (Wildman–Crippen MR) is 198 cm³/mol. The fourth-order valence-electron chi connectivity index (χ4n) is 5.85. The average Bonchev–Trinajstić information content (AvgIpc) is 3.12. The normalized spacial score (nSPS) is 11.4. The van der Waals surface area contributed by atoms with Crippen LogP contribution in [0.5, 0.6) is 0 Å². The van der Waals surface area contributed by atoms with Gasteiger partial charge in [-0.25, -0.2) is 9.97 Å². The highest BCUT2D eigenvalue weighted by atomic mass is 28.3. The SMILES string of the molecule is C[Si](C)(C)c1ccc(-c2cccc(-c3cccc(-c4cccc(-c5cc(-c6ccccc6)nc(-c6ccccc6)n5)c4)c3)c2)cc1. The van der Waals surface area contributed by atoms with E-state index in [0.29, 0.717) is 0 Å². The van der Waals surface area contributed by atoms with Gasteiger partial charge < -0.3 is 0 Å². The minimum atomic E-state index is -1.33. The van der Waals surface area contributed by atoms with Gasteiger partial charge in [-0.15, -0.1) is 0 Å². The number of nitrogens with zero attached hydrogens (tertiary/aromatic N) is 2. The van der Waals surface area contributed by atoms with E-state index >= 15 is 0 Å². The summed E-state index contributed by atoms with van der Waals surface area (Å²) in [6.45, 7) is 7.18. The topological polar surface area (TPSA) is 25.8 Å². The Hall–Kier alpha value is -5.38. The first-order valence-electron chi connectivity index (χ1n) is 15.8. The van der Waals surface area contributed by atoms with Gasteiger partial charge in [0, 0.05) is 16.7 Å². The molecule has 0 saturated heterocycles. The van der Waals surface area contributed by atoms with Gasteiger partial charge in [0.05, 0.1) is 19.5 Å². The Balaban J connectivity index is 1.23. The lowest BCUT2D eigenvalue weighted by Gasteiger charge is -2.17. The molecule has 0 N–H and O–H groups in total. The summed E-state index contributed by atoms with van der Waals surface area (Å²) in [6.07, 6.45) is 0. The Morgan fingerprint density at radius 2 is 0.717 bits per heavy atom. The van der Waals surface area contributed by atoms with Crippen molar-refractivity contribution in [3.8, 4) is 67.3 Å². The Morgan fingerprint density at radius 3 is 1.22 bits per heavy atom. The summed E-state index contributed by atoms with van der Waals surface area (Å²) in [5.41, 5.74) is 12.2. The van der Waals surface area contributed by atoms with Crippen molar-refractivity contribution in [2.24, 2.45) is 0 Å². The molecular formula is C43H36N2Si. The van der Waals surface area contributed by atoms with E-state index in [-0.39, 0.29) is 0 Å². The molecule has 46 heavy (non-hydrogen) atoms. The zero-order chi connectivity index (χ0) is 31.5. The number of hydrogen-bond donors (Lipinski definition) is 0. The molecule has 0 bridgehead atoms. The zero-order valence-corrected chi connectivity index (χ0v) is 27.5. The van der Waals surface area contributed by atoms with Crippen molar-refractivity contribution in [3.63, 3.8) is 0 Å². The van der Waals surface area contributed by atoms with Crippen LogP contribution in [0, 0.1) is 0 Å². The van der Waals surface area contributed by atoms with Gasteiger partial charge in [-0.1, -0.05) is 164 Å². The van der Waals surface area contributed by atoms with Crippen LogP contribution >= 0.6 is 0 Å². The highest BCUT2D eigenvalue weighted by molar-refractivity contribution is 6.88. The molecule has 0 saturated carbocycles. The van der Waals surface area contributed by atoms with Crippen molar-refractivity contribution in [2.75, 3.05) is 0 Å². The molecule has 0 aliphatic rings. The van der Waals surface area contributed by atoms with Crippen LogP contribution in [0.25, 0.3) is 67.3 Å². The van der Waals surface area contributed by atoms with Crippen LogP contribution in [0.2, 0.25) is 19.6 Å². The van der Waals surface area contributed by atoms with E-state index in [2.05, 4.69) is 147 Å². The molecule has 222 valence electrons. The average molecular weight is 609 g/mol. The van der Waals surface area contributed by atoms with Gasteiger partial charge >= 0.3 is 0 Å². The first-order valence-corrected chi connectivity index (χ1v) is 19.3. The maximum absolute atomic E-state index is 5.05. The fraction of sp³-hybridized carbons (Fsp3) is 0.0698. The third-order valence-corrected chi connectivity index (χ3v) is 10.5. The van der Waals surface area contributed by atoms with Crippen molar-refractivity contribution in [3.05, 3.63) is 164 Å². The Bertz CT molecular complexity index is 2050. The number of hydrogen-bond acceptors (Lipinski definition) is 2. The summed E-state index contributed by atoms with van der Waals surface area (Å²) >= 11 is 0. The summed E-state index contributed by atoms with van der Waals surface area (Å²) in [4.78, 5) is 10.0. The molecule has 1 heterocycles. The quantitative estimate of drug-likeness (QED) is 0.168. The zero-order valence-electron chi connectivity index (χ0n) is 26.5. The summed E-state index contributed by atoms with van der Waals surface area (Å²) in [5.74, 6) is 0.722. The lowest BCUT2D eigenvalue weighted by Crippen LogP contribution is -2.37. The first-order chi connectivity index (χ1) is 22.4. The molecule has 7 rings (SSSR count). The molecule has 0 atom stereocenters. The van der Waals surface area contributed by atoms with Gasteiger partial charge in [-0.05, 0) is 57.6 Å². The van der Waals surface area contributed by atoms with Crippen molar-refractivity contribution < 1.29 is 0 Å². The van der Waals surface area contributed by atoms with Gasteiger partial charge in [-0.3, -0.25) is 0 Å². The summed E-state index contributed by atoms with van der Waals surface area (Å²) < 4.78 is 0. The third-order valence-electron chi connectivity index (χ3n) is 8.46. The molecule has 0 radical (unpaired) electrons. The molecule has 6 aromatic carbocycles. The Kier molecular flexibility index (Phi) is 8.00. The summed E-state index contributed by atoms with van der Waals surface area (Å²) in [7, 11) is -1.33. The molecule has 0 aliphatic heterocycles. The van der Waals surface area contributed by atoms with Crippen LogP contribution in [-0.4, -0.2) is 18.0 Å². The van der Waals surface area contributed by atoms with E-state index in [1.807, 2.05) is 36.4 Å². The van der Waals surface area contributed by atoms with Gasteiger partial charge in [0.1, 0.15) is 0 Å². The first kappa shape index (κ1) is 29.3. The van der Waals surface area contributed by atoms with Gasteiger partial charge in [0.15, 0.2) is 5.82 Å². The molecule has 2 nitrogen and oxygen atoms in total. The molecule has 7 aromatic rings. The van der Waals surface area contributed by atoms with E-state index in [4.69, 9.17) is 9.97 Å². The number of rotatable bonds is 7. The molecule has 0 aliphatic carbocycles. The van der Waals surface area contributed by atoms with Crippen LogP contribution in [0.1, 0.15) is 0 Å². The molecule has 0 amide bonds. The fourth-order valence-corrected chi connectivity index (χ4v) is 7.01. The smallest absolute Gasteiger partial charge is 0.160 e. The number of aromatic nitrogens is 2. The Morgan fingerprint density at radius 1 is 0.326 bits per heavy atom. The van der Waals surface area contributed by atoms with E-state index < -0.39 is 8.07 Å². The summed E-state index contributed by atoms with van der Waals surface area (Å²) in [6, 6.07) is 58.1. The lowest BCUT2D eigenvalue weighted by molar-refractivity contribution is 1.18. The highest BCUT2D eigenvalue weighted by Gasteiger charge is 2.16. The molecule has 0 unspecified atom stereocenters. The van der Waals surface area contributed by atoms with Crippen LogP contribution in [0.4, 0.5) is 0 Å². The van der Waals surface area contributed by atoms with E-state index in [0.717, 1.165) is 39.5 Å². The molecule has 0 spiro atoms. The second-order valence-corrected chi connectivity index (χ2v) is 17.8. The second kappa shape index (κ2) is 12.5. The molecule has 3 heteroatoms. The molecule has 0 fully saturated rings. The van der Waals surface area contributed by atoms with Gasteiger partial charge in [0.25, 0.3) is 0 Å². The number of benzene rings is 6. The van der Waals surface area contributed by atoms with E-state index in [1.54, 1.807) is 0 Å². The second-order valence-electron chi connectivity index (χ2n) is 12.8. The van der Waals surface area contributed by atoms with Crippen LogP contribution in [-0.2, 0) is 0 Å². The maximum Gasteiger partial charge on any atom is 0.160 e. The minimum absolute atomic E-state index is 0.722. The maximum atomic E-state index is 5.05. The predicted octanol–water partition coefficient (Wildman–Crippen LogP) is 11.0. The third kappa shape index (κ3) is 6.37. The molecule has 1 aromatic heterocycles. The van der Waals surface area contributed by atoms with E-state index in [9.17, 15) is 0 Å². The standard InChI is InChI=1S/C43H36N2Si/c1-46(2,3)40-25-23-31(24-26-40)34-17-10-18-35(27-34)36-19-11-20-37(28-36)38-21-12-22-39(29-38)42-30-41(32-13-6-4-7-14-32)44-43(45-42)33-15-8-5-9-16-33/h4-30H,1-3H3. The minimum Gasteiger partial charge on any atom is -0.228 e. The van der Waals surface area contributed by atoms with Crippen molar-refractivity contribution in [1.82, 2.24) is 9.97 Å². The van der Waals surface area contributed by atoms with Crippen molar-refractivity contribution >= 4 is 13.3 Å². The van der Waals surface area contributed by atoms with Crippen molar-refractivity contribution in [2.45, 2.75) is 19.6 Å². The van der Waals surface area contributed by atoms with Crippen molar-refractivity contribution in [1.29, 1.82) is 0 Å². The van der Waals surface area contributed by atoms with Gasteiger partial charge in [-0.2, -0.15) is 0 Å². The molecular weight excluding hydrogens is 573 g/mol. The summed E-state index contributed by atoms with van der Waals surface area (Å²) in [5, 5.41) is 1.48. The van der Waals surface area contributed by atoms with Crippen LogP contribution in [0.3, 0.4) is 0 Å². The monoisotopic (exact) mass is 608 g/mol. The Labute approximate surface area is 273 Å². The van der Waals surface area contributed by atoms with Crippen LogP contribution in [0.15, 0.2) is 164 Å². The van der Waals surface area contributed by atoms with Crippen LogP contribution < -0.4 is 5.19 Å². The van der Waals surface area contributed by atoms with Gasteiger partial charge in [0.2, 0.25) is 0 Å². The largest absolute Gasteiger partial charge is 0.228 e. The highest BCUT2D eigenvalue weighted by Crippen LogP contribution is 2.33. The lowest BCUT2D eigenvalue weighted by atomic mass is 9.95.